The van der Waals surface area contributed by atoms with Gasteiger partial charge in [0.15, 0.2) is 6.61 Å². The van der Waals surface area contributed by atoms with Crippen molar-refractivity contribution in [1.29, 1.82) is 0 Å². The Morgan fingerprint density at radius 3 is 2.83 bits per heavy atom. The SMILES string of the molecule is O=C(COc1ccc(F)cc1)N1CCC[C@H](O)C1. The summed E-state index contributed by atoms with van der Waals surface area (Å²) in [6.45, 7) is 0.937. The highest BCUT2D eigenvalue weighted by atomic mass is 19.1. The number of carbonyl (C=O) groups is 1. The van der Waals surface area contributed by atoms with Crippen molar-refractivity contribution in [2.24, 2.45) is 0 Å². The Morgan fingerprint density at radius 1 is 1.44 bits per heavy atom. The van der Waals surface area contributed by atoms with Gasteiger partial charge in [0.05, 0.1) is 6.10 Å². The molecule has 18 heavy (non-hydrogen) atoms. The molecule has 5 heteroatoms. The molecule has 1 fully saturated rings. The second kappa shape index (κ2) is 5.82. The standard InChI is InChI=1S/C13H16FNO3/c14-10-3-5-12(6-4-10)18-9-13(17)15-7-1-2-11(16)8-15/h3-6,11,16H,1-2,7-9H2/t11-/m0/s1. The third-order valence-corrected chi connectivity index (χ3v) is 2.93. The van der Waals surface area contributed by atoms with E-state index in [4.69, 9.17) is 4.74 Å². The summed E-state index contributed by atoms with van der Waals surface area (Å²) in [7, 11) is 0. The number of likely N-dealkylation sites (tertiary alicyclic amines) is 1. The molecule has 4 nitrogen and oxygen atoms in total. The molecule has 2 rings (SSSR count). The Morgan fingerprint density at radius 2 is 2.17 bits per heavy atom. The number of β-amino-alcohol motifs (C(OH)–C–C–N with tert-alkyl or cyclic N) is 1. The number of hydrogen-bond acceptors (Lipinski definition) is 3. The molecule has 0 saturated carbocycles. The van der Waals surface area contributed by atoms with Gasteiger partial charge in [0.1, 0.15) is 11.6 Å². The van der Waals surface area contributed by atoms with Crippen LogP contribution in [-0.4, -0.2) is 41.7 Å². The van der Waals surface area contributed by atoms with Gasteiger partial charge >= 0.3 is 0 Å². The van der Waals surface area contributed by atoms with Crippen molar-refractivity contribution in [3.63, 3.8) is 0 Å². The number of benzene rings is 1. The lowest BCUT2D eigenvalue weighted by molar-refractivity contribution is -0.136. The first-order chi connectivity index (χ1) is 8.65. The van der Waals surface area contributed by atoms with E-state index >= 15 is 0 Å². The number of nitrogens with zero attached hydrogens (tertiary/aromatic N) is 1. The molecule has 1 aliphatic rings. The summed E-state index contributed by atoms with van der Waals surface area (Å²) >= 11 is 0. The number of aliphatic hydroxyl groups excluding tert-OH is 1. The van der Waals surface area contributed by atoms with Gasteiger partial charge in [-0.2, -0.15) is 0 Å². The van der Waals surface area contributed by atoms with Crippen molar-refractivity contribution >= 4 is 5.91 Å². The van der Waals surface area contributed by atoms with Gasteiger partial charge in [-0.25, -0.2) is 4.39 Å². The molecule has 0 spiro atoms. The number of halogens is 1. The third-order valence-electron chi connectivity index (χ3n) is 2.93. The molecular formula is C13H16FNO3. The molecule has 1 aromatic rings. The van der Waals surface area contributed by atoms with Gasteiger partial charge in [-0.1, -0.05) is 0 Å². The molecule has 1 aliphatic heterocycles. The third kappa shape index (κ3) is 3.43. The van der Waals surface area contributed by atoms with E-state index in [1.807, 2.05) is 0 Å². The fourth-order valence-corrected chi connectivity index (χ4v) is 1.95. The van der Waals surface area contributed by atoms with Crippen LogP contribution in [0, 0.1) is 5.82 Å². The van der Waals surface area contributed by atoms with Crippen molar-refractivity contribution < 1.29 is 19.0 Å². The smallest absolute Gasteiger partial charge is 0.260 e. The number of aliphatic hydroxyl groups is 1. The van der Waals surface area contributed by atoms with E-state index in [0.717, 1.165) is 12.8 Å². The zero-order valence-electron chi connectivity index (χ0n) is 10.0. The Balaban J connectivity index is 1.82. The van der Waals surface area contributed by atoms with Gasteiger partial charge in [-0.05, 0) is 37.1 Å². The van der Waals surface area contributed by atoms with Crippen LogP contribution >= 0.6 is 0 Å². The summed E-state index contributed by atoms with van der Waals surface area (Å²) < 4.78 is 17.9. The van der Waals surface area contributed by atoms with E-state index in [2.05, 4.69) is 0 Å². The average Bonchev–Trinajstić information content (AvgIpc) is 2.38. The Bertz CT molecular complexity index is 407. The normalized spacial score (nSPS) is 19.7. The van der Waals surface area contributed by atoms with Gasteiger partial charge in [-0.15, -0.1) is 0 Å². The Labute approximate surface area is 105 Å². The predicted octanol–water partition coefficient (Wildman–Crippen LogP) is 1.19. The number of rotatable bonds is 3. The summed E-state index contributed by atoms with van der Waals surface area (Å²) in [5.41, 5.74) is 0. The first-order valence-electron chi connectivity index (χ1n) is 5.99. The quantitative estimate of drug-likeness (QED) is 0.880. The van der Waals surface area contributed by atoms with Crippen molar-refractivity contribution in [2.75, 3.05) is 19.7 Å². The number of hydrogen-bond donors (Lipinski definition) is 1. The highest BCUT2D eigenvalue weighted by Gasteiger charge is 2.22. The topological polar surface area (TPSA) is 49.8 Å². The van der Waals surface area contributed by atoms with Crippen LogP contribution in [0.1, 0.15) is 12.8 Å². The van der Waals surface area contributed by atoms with Crippen molar-refractivity contribution in [1.82, 2.24) is 4.90 Å². The first-order valence-corrected chi connectivity index (χ1v) is 5.99. The molecule has 1 N–H and O–H groups in total. The zero-order chi connectivity index (χ0) is 13.0. The second-order valence-electron chi connectivity index (χ2n) is 4.38. The van der Waals surface area contributed by atoms with Crippen LogP contribution in [0.4, 0.5) is 4.39 Å². The summed E-state index contributed by atoms with van der Waals surface area (Å²) in [6.07, 6.45) is 1.11. The fourth-order valence-electron chi connectivity index (χ4n) is 1.95. The average molecular weight is 253 g/mol. The predicted molar refractivity (Wildman–Crippen MR) is 63.7 cm³/mol. The number of carbonyl (C=O) groups excluding carboxylic acids is 1. The molecule has 1 saturated heterocycles. The monoisotopic (exact) mass is 253 g/mol. The highest BCUT2D eigenvalue weighted by molar-refractivity contribution is 5.77. The molecule has 0 radical (unpaired) electrons. The maximum Gasteiger partial charge on any atom is 0.260 e. The first kappa shape index (κ1) is 12.8. The maximum absolute atomic E-state index is 12.7. The molecule has 1 amide bonds. The lowest BCUT2D eigenvalue weighted by atomic mass is 10.1. The second-order valence-corrected chi connectivity index (χ2v) is 4.38. The molecular weight excluding hydrogens is 237 g/mol. The van der Waals surface area contributed by atoms with Crippen LogP contribution in [0.25, 0.3) is 0 Å². The van der Waals surface area contributed by atoms with E-state index in [1.165, 1.54) is 24.3 Å². The van der Waals surface area contributed by atoms with Crippen molar-refractivity contribution in [2.45, 2.75) is 18.9 Å². The van der Waals surface area contributed by atoms with Crippen LogP contribution in [0.15, 0.2) is 24.3 Å². The minimum absolute atomic E-state index is 0.0850. The Hall–Kier alpha value is -1.62. The van der Waals surface area contributed by atoms with Gasteiger partial charge < -0.3 is 14.7 Å². The van der Waals surface area contributed by atoms with Crippen molar-refractivity contribution in [3.05, 3.63) is 30.1 Å². The van der Waals surface area contributed by atoms with E-state index in [1.54, 1.807) is 4.90 Å². The van der Waals surface area contributed by atoms with Crippen LogP contribution in [-0.2, 0) is 4.79 Å². The van der Waals surface area contributed by atoms with E-state index in [9.17, 15) is 14.3 Å². The summed E-state index contributed by atoms with van der Waals surface area (Å²) in [6, 6.07) is 5.52. The molecule has 0 bridgehead atoms. The van der Waals surface area contributed by atoms with E-state index in [-0.39, 0.29) is 18.3 Å². The molecule has 1 atom stereocenters. The maximum atomic E-state index is 12.7. The largest absolute Gasteiger partial charge is 0.484 e. The summed E-state index contributed by atoms with van der Waals surface area (Å²) in [4.78, 5) is 13.4. The molecule has 0 aromatic heterocycles. The van der Waals surface area contributed by atoms with Crippen LogP contribution < -0.4 is 4.74 Å². The van der Waals surface area contributed by atoms with E-state index in [0.29, 0.717) is 18.8 Å². The molecule has 1 heterocycles. The summed E-state index contributed by atoms with van der Waals surface area (Å²) in [5.74, 6) is -0.0341. The molecule has 0 aliphatic carbocycles. The lowest BCUT2D eigenvalue weighted by Gasteiger charge is -2.29. The summed E-state index contributed by atoms with van der Waals surface area (Å²) in [5, 5.41) is 9.47. The van der Waals surface area contributed by atoms with Crippen LogP contribution in [0.3, 0.4) is 0 Å². The van der Waals surface area contributed by atoms with Gasteiger partial charge in [0, 0.05) is 13.1 Å². The molecule has 0 unspecified atom stereocenters. The number of amides is 1. The zero-order valence-corrected chi connectivity index (χ0v) is 10.0. The molecule has 98 valence electrons. The molecule has 1 aromatic carbocycles. The number of piperidine rings is 1. The van der Waals surface area contributed by atoms with Gasteiger partial charge in [-0.3, -0.25) is 4.79 Å². The highest BCUT2D eigenvalue weighted by Crippen LogP contribution is 2.13. The van der Waals surface area contributed by atoms with Crippen LogP contribution in [0.2, 0.25) is 0 Å². The van der Waals surface area contributed by atoms with Crippen molar-refractivity contribution in [3.8, 4) is 5.75 Å². The van der Waals surface area contributed by atoms with E-state index < -0.39 is 6.10 Å². The minimum atomic E-state index is -0.437. The van der Waals surface area contributed by atoms with Crippen LogP contribution in [0.5, 0.6) is 5.75 Å². The van der Waals surface area contributed by atoms with Gasteiger partial charge in [0.2, 0.25) is 0 Å². The van der Waals surface area contributed by atoms with Gasteiger partial charge in [0.25, 0.3) is 5.91 Å². The fraction of sp³-hybridized carbons (Fsp3) is 0.462. The number of ether oxygens (including phenoxy) is 1. The Kier molecular flexibility index (Phi) is 4.15. The minimum Gasteiger partial charge on any atom is -0.484 e. The lowest BCUT2D eigenvalue weighted by Crippen LogP contribution is -2.44.